The van der Waals surface area contributed by atoms with Gasteiger partial charge in [-0.25, -0.2) is 4.98 Å². The second-order valence-electron chi connectivity index (χ2n) is 5.71. The summed E-state index contributed by atoms with van der Waals surface area (Å²) in [7, 11) is 0. The molecule has 0 spiro atoms. The van der Waals surface area contributed by atoms with Gasteiger partial charge in [-0.3, -0.25) is 4.90 Å². The van der Waals surface area contributed by atoms with Crippen LogP contribution in [0.25, 0.3) is 0 Å². The molecule has 2 heterocycles. The van der Waals surface area contributed by atoms with E-state index < -0.39 is 0 Å². The zero-order valence-electron chi connectivity index (χ0n) is 13.1. The molecule has 1 aromatic heterocycles. The minimum absolute atomic E-state index is 0.583. The molecule has 0 saturated carbocycles. The fraction of sp³-hybridized carbons (Fsp3) is 0.471. The van der Waals surface area contributed by atoms with Crippen molar-refractivity contribution in [2.45, 2.75) is 25.8 Å². The first-order valence-electron chi connectivity index (χ1n) is 8.09. The second kappa shape index (κ2) is 8.52. The van der Waals surface area contributed by atoms with Crippen LogP contribution in [0.1, 0.15) is 24.1 Å². The van der Waals surface area contributed by atoms with E-state index in [-0.39, 0.29) is 0 Å². The molecular weight excluding hydrogens is 330 g/mol. The molecule has 1 saturated heterocycles. The maximum Gasteiger partial charge on any atom is 0.183 e. The highest BCUT2D eigenvalue weighted by Crippen LogP contribution is 2.20. The maximum absolute atomic E-state index is 5.84. The molecule has 2 aromatic rings. The van der Waals surface area contributed by atoms with Crippen LogP contribution < -0.4 is 10.1 Å². The average Bonchev–Trinajstić information content (AvgIpc) is 3.01. The number of ether oxygens (including phenoxy) is 1. The molecule has 0 atom stereocenters. The Labute approximate surface area is 146 Å². The van der Waals surface area contributed by atoms with Crippen molar-refractivity contribution in [3.05, 3.63) is 39.8 Å². The summed E-state index contributed by atoms with van der Waals surface area (Å²) in [5.74, 6) is 0.924. The maximum atomic E-state index is 5.84. The Hall–Kier alpha value is -1.30. The summed E-state index contributed by atoms with van der Waals surface area (Å²) >= 11 is 7.32. The largest absolute Gasteiger partial charge is 0.492 e. The molecule has 1 aromatic carbocycles. The summed E-state index contributed by atoms with van der Waals surface area (Å²) in [5.41, 5.74) is 1.07. The standard InChI is InChI=1S/C17H22ClN3OS/c18-17-20-13-16(23-17)12-19-14-4-6-15(7-5-14)22-11-10-21-8-2-1-3-9-21/h4-7,13,19H,1-3,8-12H2. The molecule has 6 heteroatoms. The number of thiazole rings is 1. The van der Waals surface area contributed by atoms with E-state index >= 15 is 0 Å². The van der Waals surface area contributed by atoms with Gasteiger partial charge in [0.1, 0.15) is 12.4 Å². The van der Waals surface area contributed by atoms with Crippen molar-refractivity contribution in [3.8, 4) is 5.75 Å². The van der Waals surface area contributed by atoms with Crippen LogP contribution in [0, 0.1) is 0 Å². The highest BCUT2D eigenvalue weighted by Gasteiger charge is 2.09. The van der Waals surface area contributed by atoms with Gasteiger partial charge in [0.25, 0.3) is 0 Å². The van der Waals surface area contributed by atoms with Gasteiger partial charge in [0.15, 0.2) is 4.47 Å². The van der Waals surface area contributed by atoms with Crippen LogP contribution in [-0.2, 0) is 6.54 Å². The highest BCUT2D eigenvalue weighted by molar-refractivity contribution is 7.15. The van der Waals surface area contributed by atoms with Crippen LogP contribution in [0.3, 0.4) is 0 Å². The lowest BCUT2D eigenvalue weighted by molar-refractivity contribution is 0.183. The molecule has 0 unspecified atom stereocenters. The molecule has 0 radical (unpaired) electrons. The Balaban J connectivity index is 1.39. The van der Waals surface area contributed by atoms with Gasteiger partial charge < -0.3 is 10.1 Å². The second-order valence-corrected chi connectivity index (χ2v) is 7.41. The number of nitrogens with zero attached hydrogens (tertiary/aromatic N) is 2. The number of nitrogens with one attached hydrogen (secondary N) is 1. The lowest BCUT2D eigenvalue weighted by Gasteiger charge is -2.26. The Morgan fingerprint density at radius 1 is 1.17 bits per heavy atom. The summed E-state index contributed by atoms with van der Waals surface area (Å²) in [6, 6.07) is 8.11. The normalized spacial score (nSPS) is 15.5. The first-order chi connectivity index (χ1) is 11.3. The third kappa shape index (κ3) is 5.37. The third-order valence-electron chi connectivity index (χ3n) is 3.97. The van der Waals surface area contributed by atoms with E-state index in [1.54, 1.807) is 6.20 Å². The molecule has 0 aliphatic carbocycles. The molecular formula is C17H22ClN3OS. The van der Waals surface area contributed by atoms with Gasteiger partial charge in [-0.2, -0.15) is 0 Å². The molecule has 1 aliphatic heterocycles. The van der Waals surface area contributed by atoms with E-state index in [4.69, 9.17) is 16.3 Å². The summed E-state index contributed by atoms with van der Waals surface area (Å²) in [4.78, 5) is 7.64. The molecule has 1 aliphatic rings. The van der Waals surface area contributed by atoms with Gasteiger partial charge in [-0.05, 0) is 50.2 Å². The summed E-state index contributed by atoms with van der Waals surface area (Å²) in [5, 5.41) is 3.36. The Bertz CT molecular complexity index is 596. The lowest BCUT2D eigenvalue weighted by atomic mass is 10.1. The fourth-order valence-electron chi connectivity index (χ4n) is 2.70. The predicted octanol–water partition coefficient (Wildman–Crippen LogP) is 4.27. The molecule has 1 N–H and O–H groups in total. The van der Waals surface area contributed by atoms with Gasteiger partial charge in [0, 0.05) is 23.3 Å². The van der Waals surface area contributed by atoms with Gasteiger partial charge in [0.2, 0.25) is 0 Å². The number of aromatic nitrogens is 1. The van der Waals surface area contributed by atoms with Crippen LogP contribution >= 0.6 is 22.9 Å². The van der Waals surface area contributed by atoms with Gasteiger partial charge in [-0.1, -0.05) is 18.0 Å². The molecule has 124 valence electrons. The number of halogens is 1. The van der Waals surface area contributed by atoms with E-state index in [2.05, 4.69) is 15.2 Å². The van der Waals surface area contributed by atoms with Gasteiger partial charge in [0.05, 0.1) is 6.54 Å². The predicted molar refractivity (Wildman–Crippen MR) is 96.7 cm³/mol. The van der Waals surface area contributed by atoms with Crippen LogP contribution in [0.15, 0.2) is 30.5 Å². The van der Waals surface area contributed by atoms with Crippen molar-refractivity contribution in [1.29, 1.82) is 0 Å². The number of hydrogen-bond donors (Lipinski definition) is 1. The summed E-state index contributed by atoms with van der Waals surface area (Å²) < 4.78 is 6.42. The number of rotatable bonds is 7. The van der Waals surface area contributed by atoms with E-state index in [0.29, 0.717) is 4.47 Å². The highest BCUT2D eigenvalue weighted by atomic mass is 35.5. The number of piperidine rings is 1. The molecule has 1 fully saturated rings. The van der Waals surface area contributed by atoms with Gasteiger partial charge in [-0.15, -0.1) is 11.3 Å². The quantitative estimate of drug-likeness (QED) is 0.808. The Kier molecular flexibility index (Phi) is 6.13. The van der Waals surface area contributed by atoms with Crippen molar-refractivity contribution < 1.29 is 4.74 Å². The first-order valence-corrected chi connectivity index (χ1v) is 9.28. The van der Waals surface area contributed by atoms with E-state index in [1.807, 2.05) is 24.3 Å². The first kappa shape index (κ1) is 16.6. The van der Waals surface area contributed by atoms with Crippen LogP contribution in [-0.4, -0.2) is 36.1 Å². The van der Waals surface area contributed by atoms with E-state index in [9.17, 15) is 0 Å². The van der Waals surface area contributed by atoms with E-state index in [1.165, 1.54) is 43.7 Å². The average molecular weight is 352 g/mol. The lowest BCUT2D eigenvalue weighted by Crippen LogP contribution is -2.33. The minimum atomic E-state index is 0.583. The minimum Gasteiger partial charge on any atom is -0.492 e. The smallest absolute Gasteiger partial charge is 0.183 e. The van der Waals surface area contributed by atoms with Crippen molar-refractivity contribution in [1.82, 2.24) is 9.88 Å². The number of hydrogen-bond acceptors (Lipinski definition) is 5. The van der Waals surface area contributed by atoms with Crippen LogP contribution in [0.5, 0.6) is 5.75 Å². The molecule has 3 rings (SSSR count). The SMILES string of the molecule is Clc1ncc(CNc2ccc(OCCN3CCCCC3)cc2)s1. The number of likely N-dealkylation sites (tertiary alicyclic amines) is 1. The topological polar surface area (TPSA) is 37.4 Å². The molecule has 4 nitrogen and oxygen atoms in total. The zero-order chi connectivity index (χ0) is 15.9. The zero-order valence-corrected chi connectivity index (χ0v) is 14.7. The monoisotopic (exact) mass is 351 g/mol. The number of benzene rings is 1. The molecule has 23 heavy (non-hydrogen) atoms. The van der Waals surface area contributed by atoms with Crippen LogP contribution in [0.2, 0.25) is 4.47 Å². The Morgan fingerprint density at radius 3 is 2.65 bits per heavy atom. The molecule has 0 amide bonds. The summed E-state index contributed by atoms with van der Waals surface area (Å²) in [6.07, 6.45) is 5.83. The van der Waals surface area contributed by atoms with E-state index in [0.717, 1.165) is 36.0 Å². The summed E-state index contributed by atoms with van der Waals surface area (Å²) in [6.45, 7) is 4.94. The van der Waals surface area contributed by atoms with Gasteiger partial charge >= 0.3 is 0 Å². The third-order valence-corrected chi connectivity index (χ3v) is 5.09. The number of anilines is 1. The van der Waals surface area contributed by atoms with Crippen LogP contribution in [0.4, 0.5) is 5.69 Å². The molecule has 0 bridgehead atoms. The van der Waals surface area contributed by atoms with Crippen molar-refractivity contribution in [2.75, 3.05) is 31.6 Å². The van der Waals surface area contributed by atoms with Crippen molar-refractivity contribution in [3.63, 3.8) is 0 Å². The Morgan fingerprint density at radius 2 is 1.96 bits per heavy atom. The fourth-order valence-corrected chi connectivity index (χ4v) is 3.62. The van der Waals surface area contributed by atoms with Crippen molar-refractivity contribution >= 4 is 28.6 Å². The van der Waals surface area contributed by atoms with Crippen molar-refractivity contribution in [2.24, 2.45) is 0 Å².